The van der Waals surface area contributed by atoms with Gasteiger partial charge >= 0.3 is 0 Å². The highest BCUT2D eigenvalue weighted by molar-refractivity contribution is 5.90. The van der Waals surface area contributed by atoms with Crippen molar-refractivity contribution < 1.29 is 9.59 Å². The summed E-state index contributed by atoms with van der Waals surface area (Å²) in [7, 11) is 1.68. The number of carbonyl (C=O) groups excluding carboxylic acids is 2. The van der Waals surface area contributed by atoms with Crippen molar-refractivity contribution in [2.24, 2.45) is 5.73 Å². The van der Waals surface area contributed by atoms with Gasteiger partial charge in [-0.25, -0.2) is 0 Å². The SMILES string of the molecule is CN(CC(=O)N1CCCC1)C(=O)C1(N)CCCC1. The van der Waals surface area contributed by atoms with Crippen molar-refractivity contribution in [3.63, 3.8) is 0 Å². The van der Waals surface area contributed by atoms with Crippen LogP contribution < -0.4 is 5.73 Å². The van der Waals surface area contributed by atoms with Crippen LogP contribution in [0.4, 0.5) is 0 Å². The Morgan fingerprint density at radius 3 is 2.28 bits per heavy atom. The lowest BCUT2D eigenvalue weighted by atomic mass is 9.97. The largest absolute Gasteiger partial charge is 0.341 e. The average Bonchev–Trinajstić information content (AvgIpc) is 2.99. The predicted molar refractivity (Wildman–Crippen MR) is 68.8 cm³/mol. The van der Waals surface area contributed by atoms with Gasteiger partial charge in [-0.05, 0) is 25.7 Å². The highest BCUT2D eigenvalue weighted by Crippen LogP contribution is 2.28. The number of likely N-dealkylation sites (N-methyl/N-ethyl adjacent to an activating group) is 1. The summed E-state index contributed by atoms with van der Waals surface area (Å²) in [4.78, 5) is 27.6. The number of hydrogen-bond acceptors (Lipinski definition) is 3. The van der Waals surface area contributed by atoms with Crippen molar-refractivity contribution in [2.45, 2.75) is 44.1 Å². The fraction of sp³-hybridized carbons (Fsp3) is 0.846. The van der Waals surface area contributed by atoms with E-state index in [9.17, 15) is 9.59 Å². The second kappa shape index (κ2) is 5.26. The second-order valence-electron chi connectivity index (χ2n) is 5.61. The monoisotopic (exact) mass is 253 g/mol. The Kier molecular flexibility index (Phi) is 3.90. The number of hydrogen-bond donors (Lipinski definition) is 1. The Hall–Kier alpha value is -1.10. The van der Waals surface area contributed by atoms with Gasteiger partial charge in [-0.2, -0.15) is 0 Å². The smallest absolute Gasteiger partial charge is 0.242 e. The van der Waals surface area contributed by atoms with E-state index >= 15 is 0 Å². The summed E-state index contributed by atoms with van der Waals surface area (Å²) in [6, 6.07) is 0. The normalized spacial score (nSPS) is 22.2. The molecule has 0 aromatic rings. The molecule has 2 rings (SSSR count). The zero-order valence-corrected chi connectivity index (χ0v) is 11.2. The van der Waals surface area contributed by atoms with E-state index in [4.69, 9.17) is 5.73 Å². The third kappa shape index (κ3) is 2.66. The molecule has 2 amide bonds. The van der Waals surface area contributed by atoms with E-state index in [0.29, 0.717) is 0 Å². The first-order valence-corrected chi connectivity index (χ1v) is 6.85. The predicted octanol–water partition coefficient (Wildman–Crippen LogP) is 0.339. The molecule has 18 heavy (non-hydrogen) atoms. The van der Waals surface area contributed by atoms with Crippen LogP contribution in [0.15, 0.2) is 0 Å². The Bertz CT molecular complexity index is 331. The maximum absolute atomic E-state index is 12.2. The Balaban J connectivity index is 1.88. The quantitative estimate of drug-likeness (QED) is 0.788. The van der Waals surface area contributed by atoms with E-state index in [2.05, 4.69) is 0 Å². The molecule has 1 aliphatic heterocycles. The molecule has 1 saturated carbocycles. The highest BCUT2D eigenvalue weighted by atomic mass is 16.2. The van der Waals surface area contributed by atoms with E-state index in [-0.39, 0.29) is 18.4 Å². The molecule has 5 nitrogen and oxygen atoms in total. The van der Waals surface area contributed by atoms with Gasteiger partial charge in [0, 0.05) is 20.1 Å². The number of nitrogens with two attached hydrogens (primary N) is 1. The lowest BCUT2D eigenvalue weighted by Gasteiger charge is -2.29. The Morgan fingerprint density at radius 1 is 1.17 bits per heavy atom. The molecule has 2 aliphatic rings. The van der Waals surface area contributed by atoms with Crippen LogP contribution in [0.25, 0.3) is 0 Å². The van der Waals surface area contributed by atoms with Crippen molar-refractivity contribution in [1.82, 2.24) is 9.80 Å². The van der Waals surface area contributed by atoms with E-state index in [1.807, 2.05) is 4.90 Å². The van der Waals surface area contributed by atoms with E-state index in [1.165, 1.54) is 4.90 Å². The zero-order chi connectivity index (χ0) is 13.2. The summed E-state index contributed by atoms with van der Waals surface area (Å²) in [6.45, 7) is 1.82. The van der Waals surface area contributed by atoms with Gasteiger partial charge in [-0.15, -0.1) is 0 Å². The van der Waals surface area contributed by atoms with Crippen LogP contribution in [-0.4, -0.2) is 53.8 Å². The molecule has 102 valence electrons. The van der Waals surface area contributed by atoms with Crippen molar-refractivity contribution in [3.8, 4) is 0 Å². The van der Waals surface area contributed by atoms with Crippen LogP contribution >= 0.6 is 0 Å². The summed E-state index contributed by atoms with van der Waals surface area (Å²) in [5.74, 6) is -0.0301. The minimum atomic E-state index is -0.722. The van der Waals surface area contributed by atoms with Crippen LogP contribution in [0.3, 0.4) is 0 Å². The summed E-state index contributed by atoms with van der Waals surface area (Å²) in [5, 5.41) is 0. The standard InChI is InChI=1S/C13H23N3O2/c1-15(10-11(17)16-8-4-5-9-16)12(18)13(14)6-2-3-7-13/h2-10,14H2,1H3. The molecule has 0 bridgehead atoms. The minimum absolute atomic E-state index is 0.0462. The van der Waals surface area contributed by atoms with Gasteiger partial charge in [0.15, 0.2) is 0 Å². The van der Waals surface area contributed by atoms with Gasteiger partial charge in [0.05, 0.1) is 12.1 Å². The fourth-order valence-electron chi connectivity index (χ4n) is 2.94. The van der Waals surface area contributed by atoms with Crippen LogP contribution in [0, 0.1) is 0 Å². The molecular formula is C13H23N3O2. The van der Waals surface area contributed by atoms with Crippen molar-refractivity contribution in [2.75, 3.05) is 26.7 Å². The van der Waals surface area contributed by atoms with Crippen molar-refractivity contribution in [1.29, 1.82) is 0 Å². The Morgan fingerprint density at radius 2 is 1.72 bits per heavy atom. The first kappa shape index (κ1) is 13.3. The van der Waals surface area contributed by atoms with E-state index < -0.39 is 5.54 Å². The highest BCUT2D eigenvalue weighted by Gasteiger charge is 2.39. The lowest BCUT2D eigenvalue weighted by molar-refractivity contribution is -0.142. The van der Waals surface area contributed by atoms with Crippen molar-refractivity contribution >= 4 is 11.8 Å². The Labute approximate surface area is 108 Å². The molecule has 5 heteroatoms. The summed E-state index contributed by atoms with van der Waals surface area (Å²) < 4.78 is 0. The number of carbonyl (C=O) groups is 2. The van der Waals surface area contributed by atoms with Crippen LogP contribution in [0.2, 0.25) is 0 Å². The van der Waals surface area contributed by atoms with Crippen LogP contribution in [0.1, 0.15) is 38.5 Å². The number of likely N-dealkylation sites (tertiary alicyclic amines) is 1. The van der Waals surface area contributed by atoms with Crippen LogP contribution in [0.5, 0.6) is 0 Å². The number of rotatable bonds is 3. The maximum atomic E-state index is 12.2. The first-order valence-electron chi connectivity index (χ1n) is 6.85. The third-order valence-corrected chi connectivity index (χ3v) is 4.10. The number of nitrogens with zero attached hydrogens (tertiary/aromatic N) is 2. The van der Waals surface area contributed by atoms with Gasteiger partial charge in [-0.1, -0.05) is 12.8 Å². The topological polar surface area (TPSA) is 66.6 Å². The molecule has 0 aromatic carbocycles. The molecule has 1 heterocycles. The number of amides is 2. The van der Waals surface area contributed by atoms with Gasteiger partial charge in [0.2, 0.25) is 11.8 Å². The summed E-state index contributed by atoms with van der Waals surface area (Å²) >= 11 is 0. The first-order chi connectivity index (χ1) is 8.53. The lowest BCUT2D eigenvalue weighted by Crippen LogP contribution is -2.54. The molecule has 2 fully saturated rings. The summed E-state index contributed by atoms with van der Waals surface area (Å²) in [6.07, 6.45) is 5.66. The molecule has 0 spiro atoms. The minimum Gasteiger partial charge on any atom is -0.341 e. The van der Waals surface area contributed by atoms with Crippen LogP contribution in [-0.2, 0) is 9.59 Å². The van der Waals surface area contributed by atoms with Gasteiger partial charge in [0.1, 0.15) is 0 Å². The van der Waals surface area contributed by atoms with Crippen molar-refractivity contribution in [3.05, 3.63) is 0 Å². The molecule has 0 unspecified atom stereocenters. The molecule has 0 radical (unpaired) electrons. The maximum Gasteiger partial charge on any atom is 0.242 e. The summed E-state index contributed by atoms with van der Waals surface area (Å²) in [5.41, 5.74) is 5.39. The van der Waals surface area contributed by atoms with Gasteiger partial charge < -0.3 is 15.5 Å². The van der Waals surface area contributed by atoms with E-state index in [0.717, 1.165) is 51.6 Å². The molecule has 0 atom stereocenters. The molecular weight excluding hydrogens is 230 g/mol. The van der Waals surface area contributed by atoms with Gasteiger partial charge in [0.25, 0.3) is 0 Å². The van der Waals surface area contributed by atoms with Gasteiger partial charge in [-0.3, -0.25) is 9.59 Å². The zero-order valence-electron chi connectivity index (χ0n) is 11.2. The van der Waals surface area contributed by atoms with E-state index in [1.54, 1.807) is 7.05 Å². The second-order valence-corrected chi connectivity index (χ2v) is 5.61. The molecule has 1 aliphatic carbocycles. The average molecular weight is 253 g/mol. The molecule has 1 saturated heterocycles. The third-order valence-electron chi connectivity index (χ3n) is 4.10. The molecule has 0 aromatic heterocycles. The fourth-order valence-corrected chi connectivity index (χ4v) is 2.94. The molecule has 2 N–H and O–H groups in total.